The van der Waals surface area contributed by atoms with E-state index in [-0.39, 0.29) is 18.5 Å². The maximum atomic E-state index is 12.5. The normalized spacial score (nSPS) is 12.7. The predicted molar refractivity (Wildman–Crippen MR) is 301 cm³/mol. The molecule has 0 aromatic heterocycles. The largest absolute Gasteiger partial charge is 0.466 e. The molecule has 0 bridgehead atoms. The van der Waals surface area contributed by atoms with Gasteiger partial charge in [0.15, 0.2) is 0 Å². The maximum absolute atomic E-state index is 12.5. The first-order valence-electron chi connectivity index (χ1n) is 31.1. The van der Waals surface area contributed by atoms with Gasteiger partial charge in [-0.15, -0.1) is 0 Å². The highest BCUT2D eigenvalue weighted by molar-refractivity contribution is 5.76. The van der Waals surface area contributed by atoms with E-state index in [0.29, 0.717) is 25.9 Å². The summed E-state index contributed by atoms with van der Waals surface area (Å²) in [6, 6.07) is -0.547. The van der Waals surface area contributed by atoms with Crippen molar-refractivity contribution in [2.75, 3.05) is 13.2 Å². The van der Waals surface area contributed by atoms with Gasteiger partial charge in [0.1, 0.15) is 0 Å². The van der Waals surface area contributed by atoms with Gasteiger partial charge >= 0.3 is 5.97 Å². The summed E-state index contributed by atoms with van der Waals surface area (Å²) in [6.45, 7) is 4.93. The summed E-state index contributed by atoms with van der Waals surface area (Å²) in [4.78, 5) is 24.5. The number of hydrogen-bond donors (Lipinski definition) is 3. The second-order valence-corrected chi connectivity index (χ2v) is 21.4. The highest BCUT2D eigenvalue weighted by atomic mass is 16.5. The van der Waals surface area contributed by atoms with Crippen molar-refractivity contribution in [3.05, 3.63) is 24.3 Å². The zero-order valence-electron chi connectivity index (χ0n) is 46.6. The van der Waals surface area contributed by atoms with Crippen LogP contribution in [-0.4, -0.2) is 47.4 Å². The molecule has 6 heteroatoms. The predicted octanol–water partition coefficient (Wildman–Crippen LogP) is 19.4. The Balaban J connectivity index is 3.43. The Kier molecular flexibility index (Phi) is 57.5. The van der Waals surface area contributed by atoms with Gasteiger partial charge in [-0.2, -0.15) is 0 Å². The van der Waals surface area contributed by atoms with Crippen LogP contribution in [0, 0.1) is 0 Å². The van der Waals surface area contributed by atoms with Gasteiger partial charge in [0.05, 0.1) is 25.4 Å². The number of carbonyl (C=O) groups excluding carboxylic acids is 2. The number of unbranched alkanes of at least 4 members (excludes halogenated alkanes) is 43. The molecular weight excluding hydrogens is 851 g/mol. The summed E-state index contributed by atoms with van der Waals surface area (Å²) in [7, 11) is 0. The Morgan fingerprint density at radius 1 is 0.391 bits per heavy atom. The second-order valence-electron chi connectivity index (χ2n) is 21.4. The number of aliphatic hydroxyl groups is 2. The molecule has 0 spiro atoms. The van der Waals surface area contributed by atoms with Crippen molar-refractivity contribution in [1.29, 1.82) is 0 Å². The number of nitrogens with one attached hydrogen (secondary N) is 1. The quantitative estimate of drug-likeness (QED) is 0.0321. The van der Waals surface area contributed by atoms with Crippen molar-refractivity contribution in [2.24, 2.45) is 0 Å². The van der Waals surface area contributed by atoms with Crippen molar-refractivity contribution >= 4 is 11.9 Å². The molecule has 6 nitrogen and oxygen atoms in total. The van der Waals surface area contributed by atoms with Gasteiger partial charge in [-0.25, -0.2) is 0 Å². The minimum Gasteiger partial charge on any atom is -0.466 e. The zero-order chi connectivity index (χ0) is 50.0. The van der Waals surface area contributed by atoms with E-state index >= 15 is 0 Å². The van der Waals surface area contributed by atoms with Gasteiger partial charge in [-0.05, 0) is 70.6 Å². The SMILES string of the molecule is CCCC/C=C\CCCCCCCC(=O)OCCCCCCCCCCCCC/C=C\CCCCCCCCCC(=O)NC(CO)C(O)CCCCCCCCCCCCCCCCCCCCC. The van der Waals surface area contributed by atoms with E-state index in [0.717, 1.165) is 44.9 Å². The molecule has 1 amide bonds. The van der Waals surface area contributed by atoms with Gasteiger partial charge < -0.3 is 20.3 Å². The number of allylic oxidation sites excluding steroid dienone is 4. The van der Waals surface area contributed by atoms with E-state index in [1.54, 1.807) is 0 Å². The average molecular weight is 973 g/mol. The van der Waals surface area contributed by atoms with E-state index in [1.165, 1.54) is 263 Å². The summed E-state index contributed by atoms with van der Waals surface area (Å²) in [6.07, 6.45) is 71.9. The Morgan fingerprint density at radius 3 is 1.07 bits per heavy atom. The molecule has 0 saturated heterocycles. The summed E-state index contributed by atoms with van der Waals surface area (Å²) in [5.74, 6) is -0.0399. The summed E-state index contributed by atoms with van der Waals surface area (Å²) in [5, 5.41) is 23.3. The first-order chi connectivity index (χ1) is 34.0. The number of amides is 1. The number of rotatable bonds is 58. The monoisotopic (exact) mass is 972 g/mol. The molecule has 0 heterocycles. The van der Waals surface area contributed by atoms with E-state index in [1.807, 2.05) is 0 Å². The summed E-state index contributed by atoms with van der Waals surface area (Å²) < 4.78 is 5.46. The van der Waals surface area contributed by atoms with Crippen LogP contribution in [0.1, 0.15) is 341 Å². The summed E-state index contributed by atoms with van der Waals surface area (Å²) in [5.41, 5.74) is 0. The molecular formula is C63H121NO5. The lowest BCUT2D eigenvalue weighted by Crippen LogP contribution is -2.45. The second kappa shape index (κ2) is 58.9. The van der Waals surface area contributed by atoms with Crippen LogP contribution in [0.5, 0.6) is 0 Å². The summed E-state index contributed by atoms with van der Waals surface area (Å²) >= 11 is 0. The third-order valence-corrected chi connectivity index (χ3v) is 14.5. The lowest BCUT2D eigenvalue weighted by atomic mass is 10.0. The maximum Gasteiger partial charge on any atom is 0.305 e. The molecule has 0 radical (unpaired) electrons. The Hall–Kier alpha value is -1.66. The topological polar surface area (TPSA) is 95.9 Å². The first-order valence-corrected chi connectivity index (χ1v) is 31.1. The number of carbonyl (C=O) groups is 2. The van der Waals surface area contributed by atoms with Crippen LogP contribution in [0.3, 0.4) is 0 Å². The fourth-order valence-corrected chi connectivity index (χ4v) is 9.68. The smallest absolute Gasteiger partial charge is 0.305 e. The average Bonchev–Trinajstić information content (AvgIpc) is 3.35. The Morgan fingerprint density at radius 2 is 0.696 bits per heavy atom. The highest BCUT2D eigenvalue weighted by Gasteiger charge is 2.20. The van der Waals surface area contributed by atoms with E-state index < -0.39 is 12.1 Å². The third kappa shape index (κ3) is 55.5. The molecule has 3 N–H and O–H groups in total. The third-order valence-electron chi connectivity index (χ3n) is 14.5. The van der Waals surface area contributed by atoms with Crippen molar-refractivity contribution in [2.45, 2.75) is 353 Å². The van der Waals surface area contributed by atoms with Crippen LogP contribution >= 0.6 is 0 Å². The van der Waals surface area contributed by atoms with Crippen molar-refractivity contribution < 1.29 is 24.5 Å². The fraction of sp³-hybridized carbons (Fsp3) is 0.905. The first kappa shape index (κ1) is 67.3. The highest BCUT2D eigenvalue weighted by Crippen LogP contribution is 2.18. The molecule has 0 rings (SSSR count). The van der Waals surface area contributed by atoms with E-state index in [4.69, 9.17) is 4.74 Å². The molecule has 0 aromatic carbocycles. The van der Waals surface area contributed by atoms with E-state index in [9.17, 15) is 19.8 Å². The number of aliphatic hydroxyl groups excluding tert-OH is 2. The molecule has 0 aliphatic heterocycles. The fourth-order valence-electron chi connectivity index (χ4n) is 9.68. The molecule has 2 unspecified atom stereocenters. The number of esters is 1. The number of ether oxygens (including phenoxy) is 1. The van der Waals surface area contributed by atoms with Crippen LogP contribution in [0.4, 0.5) is 0 Å². The molecule has 408 valence electrons. The van der Waals surface area contributed by atoms with Crippen LogP contribution in [0.2, 0.25) is 0 Å². The Labute approximate surface area is 431 Å². The molecule has 0 aromatic rings. The lowest BCUT2D eigenvalue weighted by Gasteiger charge is -2.22. The minimum absolute atomic E-state index is 0.000771. The van der Waals surface area contributed by atoms with E-state index in [2.05, 4.69) is 43.5 Å². The molecule has 2 atom stereocenters. The molecule has 69 heavy (non-hydrogen) atoms. The van der Waals surface area contributed by atoms with Crippen LogP contribution in [-0.2, 0) is 14.3 Å². The van der Waals surface area contributed by atoms with Crippen molar-refractivity contribution in [3.63, 3.8) is 0 Å². The molecule has 0 fully saturated rings. The minimum atomic E-state index is -0.669. The lowest BCUT2D eigenvalue weighted by molar-refractivity contribution is -0.143. The van der Waals surface area contributed by atoms with Crippen LogP contribution < -0.4 is 5.32 Å². The van der Waals surface area contributed by atoms with Crippen molar-refractivity contribution in [1.82, 2.24) is 5.32 Å². The standard InChI is InChI=1S/C63H121NO5/c1-3-5-7-9-11-13-15-16-17-18-23-26-29-32-36-39-43-47-51-55-61(66)60(59-65)64-62(67)56-52-48-44-40-37-33-30-27-24-21-19-20-22-25-28-31-34-38-42-46-50-54-58-69-63(68)57-53-49-45-41-35-14-12-10-8-6-4-2/h10,12,21,24,60-61,65-66H,3-9,11,13-20,22-23,25-59H2,1-2H3,(H,64,67)/b12-10-,24-21-. The molecule has 0 saturated carbocycles. The van der Waals surface area contributed by atoms with Gasteiger partial charge in [0.25, 0.3) is 0 Å². The van der Waals surface area contributed by atoms with Gasteiger partial charge in [0, 0.05) is 12.8 Å². The van der Waals surface area contributed by atoms with Gasteiger partial charge in [0.2, 0.25) is 5.91 Å². The van der Waals surface area contributed by atoms with Crippen molar-refractivity contribution in [3.8, 4) is 0 Å². The van der Waals surface area contributed by atoms with Gasteiger partial charge in [-0.3, -0.25) is 9.59 Å². The van der Waals surface area contributed by atoms with Crippen LogP contribution in [0.25, 0.3) is 0 Å². The number of hydrogen-bond acceptors (Lipinski definition) is 5. The van der Waals surface area contributed by atoms with Gasteiger partial charge in [-0.1, -0.05) is 282 Å². The molecule has 0 aliphatic carbocycles. The molecule has 0 aliphatic rings. The van der Waals surface area contributed by atoms with Crippen LogP contribution in [0.15, 0.2) is 24.3 Å². The zero-order valence-corrected chi connectivity index (χ0v) is 46.6. The Bertz CT molecular complexity index is 1080.